The van der Waals surface area contributed by atoms with Crippen LogP contribution < -0.4 is 10.1 Å². The summed E-state index contributed by atoms with van der Waals surface area (Å²) < 4.78 is 17.0. The zero-order chi connectivity index (χ0) is 21.7. The van der Waals surface area contributed by atoms with Crippen LogP contribution >= 0.6 is 11.6 Å². The number of carbonyl (C=O) groups is 2. The van der Waals surface area contributed by atoms with Crippen molar-refractivity contribution in [3.63, 3.8) is 0 Å². The molecule has 0 aliphatic heterocycles. The SMILES string of the molecule is CC(Oc1cccc(Cl)c1)C(=O)NC(C(=O)OC(C)(C)C)C(C)OC(C)(C)C. The molecule has 28 heavy (non-hydrogen) atoms. The van der Waals surface area contributed by atoms with Crippen molar-refractivity contribution in [2.24, 2.45) is 0 Å². The summed E-state index contributed by atoms with van der Waals surface area (Å²) >= 11 is 5.94. The van der Waals surface area contributed by atoms with Crippen LogP contribution in [0, 0.1) is 0 Å². The molecular weight excluding hydrogens is 382 g/mol. The number of esters is 1. The predicted octanol–water partition coefficient (Wildman–Crippen LogP) is 4.14. The summed E-state index contributed by atoms with van der Waals surface area (Å²) in [6, 6.07) is 5.78. The Balaban J connectivity index is 2.90. The molecule has 0 heterocycles. The standard InChI is InChI=1S/C21H32ClNO5/c1-13(27-20(3,4)5)17(19(25)28-21(6,7)8)23-18(24)14(2)26-16-11-9-10-15(22)12-16/h9-14,17H,1-8H3,(H,23,24). The summed E-state index contributed by atoms with van der Waals surface area (Å²) in [5.74, 6) is -0.560. The van der Waals surface area contributed by atoms with Gasteiger partial charge < -0.3 is 19.5 Å². The molecule has 0 bridgehead atoms. The third-order valence-electron chi connectivity index (χ3n) is 3.45. The second-order valence-corrected chi connectivity index (χ2v) is 9.11. The van der Waals surface area contributed by atoms with E-state index in [1.54, 1.807) is 58.9 Å². The van der Waals surface area contributed by atoms with Crippen LogP contribution in [-0.4, -0.2) is 41.3 Å². The molecule has 0 saturated heterocycles. The van der Waals surface area contributed by atoms with Gasteiger partial charge in [-0.1, -0.05) is 17.7 Å². The van der Waals surface area contributed by atoms with Gasteiger partial charge in [0.15, 0.2) is 12.1 Å². The fourth-order valence-electron chi connectivity index (χ4n) is 2.43. The Labute approximate surface area is 172 Å². The third kappa shape index (κ3) is 8.93. The lowest BCUT2D eigenvalue weighted by Gasteiger charge is -2.32. The van der Waals surface area contributed by atoms with Gasteiger partial charge in [0.25, 0.3) is 5.91 Å². The van der Waals surface area contributed by atoms with Gasteiger partial charge in [0, 0.05) is 5.02 Å². The van der Waals surface area contributed by atoms with Gasteiger partial charge in [0.05, 0.1) is 11.7 Å². The van der Waals surface area contributed by atoms with E-state index in [0.717, 1.165) is 0 Å². The molecule has 7 heteroatoms. The van der Waals surface area contributed by atoms with Crippen LogP contribution in [0.1, 0.15) is 55.4 Å². The van der Waals surface area contributed by atoms with Crippen LogP contribution in [0.3, 0.4) is 0 Å². The zero-order valence-electron chi connectivity index (χ0n) is 18.0. The van der Waals surface area contributed by atoms with E-state index < -0.39 is 41.3 Å². The minimum absolute atomic E-state index is 0.458. The number of benzene rings is 1. The average Bonchev–Trinajstić information content (AvgIpc) is 2.48. The first-order valence-electron chi connectivity index (χ1n) is 9.31. The van der Waals surface area contributed by atoms with Crippen LogP contribution in [0.2, 0.25) is 5.02 Å². The molecule has 1 rings (SSSR count). The van der Waals surface area contributed by atoms with E-state index in [2.05, 4.69) is 5.32 Å². The molecule has 0 radical (unpaired) electrons. The molecule has 158 valence electrons. The summed E-state index contributed by atoms with van der Waals surface area (Å²) in [5, 5.41) is 3.20. The summed E-state index contributed by atoms with van der Waals surface area (Å²) in [7, 11) is 0. The van der Waals surface area contributed by atoms with Gasteiger partial charge >= 0.3 is 5.97 Å². The zero-order valence-corrected chi connectivity index (χ0v) is 18.7. The van der Waals surface area contributed by atoms with E-state index in [1.807, 2.05) is 20.8 Å². The Bertz CT molecular complexity index is 678. The molecule has 1 aromatic rings. The first-order chi connectivity index (χ1) is 12.7. The Hall–Kier alpha value is -1.79. The Morgan fingerprint density at radius 2 is 1.64 bits per heavy atom. The number of amides is 1. The maximum atomic E-state index is 12.7. The second-order valence-electron chi connectivity index (χ2n) is 8.67. The van der Waals surface area contributed by atoms with E-state index in [0.29, 0.717) is 10.8 Å². The summed E-state index contributed by atoms with van der Waals surface area (Å²) in [6.45, 7) is 14.3. The predicted molar refractivity (Wildman–Crippen MR) is 110 cm³/mol. The fraction of sp³-hybridized carbons (Fsp3) is 0.619. The Morgan fingerprint density at radius 1 is 1.04 bits per heavy atom. The number of carbonyl (C=O) groups excluding carboxylic acids is 2. The van der Waals surface area contributed by atoms with Gasteiger partial charge in [0.2, 0.25) is 0 Å². The van der Waals surface area contributed by atoms with E-state index in [1.165, 1.54) is 0 Å². The van der Waals surface area contributed by atoms with Crippen molar-refractivity contribution >= 4 is 23.5 Å². The molecule has 0 aliphatic carbocycles. The highest BCUT2D eigenvalue weighted by atomic mass is 35.5. The number of hydrogen-bond donors (Lipinski definition) is 1. The van der Waals surface area contributed by atoms with Crippen molar-refractivity contribution in [2.75, 3.05) is 0 Å². The molecule has 3 unspecified atom stereocenters. The number of halogens is 1. The Morgan fingerprint density at radius 3 is 2.14 bits per heavy atom. The van der Waals surface area contributed by atoms with Crippen molar-refractivity contribution in [3.8, 4) is 5.75 Å². The molecule has 3 atom stereocenters. The quantitative estimate of drug-likeness (QED) is 0.680. The molecule has 1 aromatic carbocycles. The lowest BCUT2D eigenvalue weighted by Crippen LogP contribution is -2.54. The van der Waals surface area contributed by atoms with Gasteiger partial charge in [-0.25, -0.2) is 4.79 Å². The maximum Gasteiger partial charge on any atom is 0.331 e. The number of nitrogens with one attached hydrogen (secondary N) is 1. The van der Waals surface area contributed by atoms with Crippen molar-refractivity contribution < 1.29 is 23.8 Å². The summed E-state index contributed by atoms with van der Waals surface area (Å²) in [6.07, 6.45) is -1.44. The minimum Gasteiger partial charge on any atom is -0.481 e. The van der Waals surface area contributed by atoms with E-state index in [-0.39, 0.29) is 0 Å². The Kier molecular flexibility index (Phi) is 8.32. The molecular formula is C21H32ClNO5. The highest BCUT2D eigenvalue weighted by Gasteiger charge is 2.35. The van der Waals surface area contributed by atoms with Gasteiger partial charge in [0.1, 0.15) is 11.4 Å². The number of hydrogen-bond acceptors (Lipinski definition) is 5. The van der Waals surface area contributed by atoms with Crippen LogP contribution in [0.25, 0.3) is 0 Å². The maximum absolute atomic E-state index is 12.7. The molecule has 0 spiro atoms. The highest BCUT2D eigenvalue weighted by Crippen LogP contribution is 2.19. The van der Waals surface area contributed by atoms with Crippen molar-refractivity contribution in [1.29, 1.82) is 0 Å². The lowest BCUT2D eigenvalue weighted by atomic mass is 10.1. The van der Waals surface area contributed by atoms with E-state index in [4.69, 9.17) is 25.8 Å². The molecule has 0 aliphatic rings. The number of ether oxygens (including phenoxy) is 3. The lowest BCUT2D eigenvalue weighted by molar-refractivity contribution is -0.166. The van der Waals surface area contributed by atoms with Crippen molar-refractivity contribution in [1.82, 2.24) is 5.32 Å². The van der Waals surface area contributed by atoms with Crippen molar-refractivity contribution in [3.05, 3.63) is 29.3 Å². The summed E-state index contributed by atoms with van der Waals surface area (Å²) in [4.78, 5) is 25.3. The molecule has 1 amide bonds. The van der Waals surface area contributed by atoms with Crippen LogP contribution in [0.4, 0.5) is 0 Å². The molecule has 0 fully saturated rings. The monoisotopic (exact) mass is 413 g/mol. The van der Waals surface area contributed by atoms with Gasteiger partial charge in [-0.05, 0) is 73.6 Å². The van der Waals surface area contributed by atoms with Gasteiger partial charge in [-0.3, -0.25) is 4.79 Å². The first kappa shape index (κ1) is 24.2. The molecule has 6 nitrogen and oxygen atoms in total. The molecule has 0 aromatic heterocycles. The van der Waals surface area contributed by atoms with Crippen LogP contribution in [0.15, 0.2) is 24.3 Å². The third-order valence-corrected chi connectivity index (χ3v) is 3.68. The van der Waals surface area contributed by atoms with E-state index in [9.17, 15) is 9.59 Å². The topological polar surface area (TPSA) is 73.9 Å². The molecule has 0 saturated carbocycles. The largest absolute Gasteiger partial charge is 0.481 e. The fourth-order valence-corrected chi connectivity index (χ4v) is 2.61. The van der Waals surface area contributed by atoms with Gasteiger partial charge in [-0.2, -0.15) is 0 Å². The normalized spacial score (nSPS) is 15.3. The number of rotatable bonds is 7. The summed E-state index contributed by atoms with van der Waals surface area (Å²) in [5.41, 5.74) is -1.18. The minimum atomic E-state index is -0.976. The molecule has 1 N–H and O–H groups in total. The first-order valence-corrected chi connectivity index (χ1v) is 9.69. The van der Waals surface area contributed by atoms with Gasteiger partial charge in [-0.15, -0.1) is 0 Å². The highest BCUT2D eigenvalue weighted by molar-refractivity contribution is 6.30. The second kappa shape index (κ2) is 9.61. The van der Waals surface area contributed by atoms with E-state index >= 15 is 0 Å². The van der Waals surface area contributed by atoms with Crippen molar-refractivity contribution in [2.45, 2.75) is 84.8 Å². The van der Waals surface area contributed by atoms with Crippen LogP contribution in [-0.2, 0) is 19.1 Å². The average molecular weight is 414 g/mol. The van der Waals surface area contributed by atoms with Crippen LogP contribution in [0.5, 0.6) is 5.75 Å². The smallest absolute Gasteiger partial charge is 0.331 e.